The van der Waals surface area contributed by atoms with Crippen molar-refractivity contribution >= 4 is 0 Å². The molecule has 4 aromatic rings. The smallest absolute Gasteiger partial charge is 0.222 e. The molecule has 7 heteroatoms. The number of hydrogen-bond acceptors (Lipinski definition) is 5. The number of benzene rings is 3. The molecule has 3 aromatic carbocycles. The minimum absolute atomic E-state index is 0.621. The molecule has 0 bridgehead atoms. The van der Waals surface area contributed by atoms with Crippen LogP contribution in [0.2, 0.25) is 0 Å². The van der Waals surface area contributed by atoms with E-state index in [1.165, 1.54) is 0 Å². The number of hydrogen-bond donors (Lipinski definition) is 0. The third-order valence-electron chi connectivity index (χ3n) is 3.85. The van der Waals surface area contributed by atoms with E-state index in [2.05, 4.69) is 12.1 Å². The van der Waals surface area contributed by atoms with Gasteiger partial charge in [0.05, 0.1) is 17.3 Å². The molecule has 4 rings (SSSR count). The lowest BCUT2D eigenvalue weighted by Gasteiger charge is -2.17. The molecule has 0 spiro atoms. The van der Waals surface area contributed by atoms with Crippen LogP contribution in [0.3, 0.4) is 0 Å². The van der Waals surface area contributed by atoms with E-state index in [0.717, 1.165) is 28.1 Å². The van der Waals surface area contributed by atoms with Gasteiger partial charge in [-0.3, -0.25) is 0 Å². The van der Waals surface area contributed by atoms with Crippen molar-refractivity contribution in [1.29, 1.82) is 0 Å². The zero-order valence-corrected chi connectivity index (χ0v) is 15.9. The van der Waals surface area contributed by atoms with Gasteiger partial charge in [0.15, 0.2) is 0 Å². The average Bonchev–Trinajstić information content (AvgIpc) is 2.74. The van der Waals surface area contributed by atoms with Gasteiger partial charge in [-0.05, 0) is 24.3 Å². The van der Waals surface area contributed by atoms with Crippen LogP contribution in [0.5, 0.6) is 0 Å². The molecule has 0 N–H and O–H groups in total. The summed E-state index contributed by atoms with van der Waals surface area (Å²) in [5, 5.41) is 0. The van der Waals surface area contributed by atoms with Gasteiger partial charge in [0.1, 0.15) is 5.56 Å². The van der Waals surface area contributed by atoms with Gasteiger partial charge in [-0.1, -0.05) is 66.7 Å². The van der Waals surface area contributed by atoms with Gasteiger partial charge in [-0.2, -0.15) is 9.40 Å². The molecule has 0 radical (unpaired) electrons. The molecule has 0 atom stereocenters. The molecule has 0 aliphatic carbocycles. The Hall–Kier alpha value is -3.13. The second kappa shape index (κ2) is 9.38. The highest BCUT2D eigenvalue weighted by molar-refractivity contribution is 5.69. The predicted molar refractivity (Wildman–Crippen MR) is 97.2 cm³/mol. The van der Waals surface area contributed by atoms with Gasteiger partial charge in [0.2, 0.25) is 0 Å². The molecule has 146 valence electrons. The Labute approximate surface area is 169 Å². The first kappa shape index (κ1) is 20.6. The van der Waals surface area contributed by atoms with E-state index in [1.54, 1.807) is 0 Å². The Balaban J connectivity index is 0.000000431. The number of aromatic nitrogens is 1. The second-order valence-electron chi connectivity index (χ2n) is 5.89. The van der Waals surface area contributed by atoms with E-state index < -0.39 is 10.2 Å². The van der Waals surface area contributed by atoms with Crippen molar-refractivity contribution in [3.8, 4) is 34.0 Å². The summed E-state index contributed by atoms with van der Waals surface area (Å²) in [6, 6.07) is 32.3. The monoisotopic (exact) mass is 409 g/mol. The van der Waals surface area contributed by atoms with Crippen LogP contribution >= 0.6 is 0 Å². The first-order valence-electron chi connectivity index (χ1n) is 8.53. The van der Waals surface area contributed by atoms with Crippen molar-refractivity contribution in [2.24, 2.45) is 0 Å². The standard InChI is InChI=1S/C22H16NO.ClHO4/c1-4-10-17(11-5-1)20-16-21(18-12-6-2-7-13-18)24-22(23-20)19-14-8-3-9-15-19;2-1(3,4)5/h1-16H;(H,2,3,4,5)/q+1;/p-1. The Morgan fingerprint density at radius 2 is 1.00 bits per heavy atom. The zero-order valence-electron chi connectivity index (χ0n) is 15.1. The average molecular weight is 410 g/mol. The SMILES string of the molecule is [O-][Cl+3]([O-])([O-])[O-].c1ccc(-c2cc(-c3ccccc3)[o+]c(-c3ccccc3)n2)cc1. The molecule has 1 heterocycles. The van der Waals surface area contributed by atoms with Crippen LogP contribution in [-0.2, 0) is 0 Å². The minimum atomic E-state index is -4.94. The molecular formula is C22H16ClNO5. The van der Waals surface area contributed by atoms with Crippen molar-refractivity contribution in [1.82, 2.24) is 4.98 Å². The fraction of sp³-hybridized carbons (Fsp3) is 0. The molecule has 0 aliphatic rings. The molecular weight excluding hydrogens is 394 g/mol. The topological polar surface area (TPSA) is 116 Å². The van der Waals surface area contributed by atoms with Crippen molar-refractivity contribution in [2.75, 3.05) is 0 Å². The van der Waals surface area contributed by atoms with Crippen LogP contribution in [0.15, 0.2) is 101 Å². The zero-order chi connectivity index (χ0) is 20.7. The van der Waals surface area contributed by atoms with E-state index in [0.29, 0.717) is 5.89 Å². The Morgan fingerprint density at radius 1 is 0.586 bits per heavy atom. The third-order valence-corrected chi connectivity index (χ3v) is 3.85. The Kier molecular flexibility index (Phi) is 6.66. The van der Waals surface area contributed by atoms with Crippen LogP contribution in [0.25, 0.3) is 34.0 Å². The molecule has 0 amide bonds. The van der Waals surface area contributed by atoms with E-state index in [4.69, 9.17) is 28.0 Å². The van der Waals surface area contributed by atoms with Crippen molar-refractivity contribution in [2.45, 2.75) is 0 Å². The number of halogens is 1. The molecule has 0 aliphatic heterocycles. The molecule has 0 unspecified atom stereocenters. The fourth-order valence-corrected chi connectivity index (χ4v) is 2.63. The highest BCUT2D eigenvalue weighted by atomic mass is 35.7. The van der Waals surface area contributed by atoms with E-state index in [1.807, 2.05) is 84.9 Å². The predicted octanol–water partition coefficient (Wildman–Crippen LogP) is 1.20. The lowest BCUT2D eigenvalue weighted by molar-refractivity contribution is -2.00. The summed E-state index contributed by atoms with van der Waals surface area (Å²) < 4.78 is 40.1. The molecule has 0 saturated carbocycles. The van der Waals surface area contributed by atoms with E-state index in [-0.39, 0.29) is 0 Å². The molecule has 0 saturated heterocycles. The summed E-state index contributed by atoms with van der Waals surface area (Å²) in [5.41, 5.74) is 3.98. The van der Waals surface area contributed by atoms with Gasteiger partial charge in [-0.15, -0.1) is 10.2 Å². The van der Waals surface area contributed by atoms with Crippen molar-refractivity contribution in [3.63, 3.8) is 0 Å². The molecule has 0 fully saturated rings. The maximum Gasteiger partial charge on any atom is 0.460 e. The van der Waals surface area contributed by atoms with Gasteiger partial charge in [-0.25, -0.2) is 18.6 Å². The first-order chi connectivity index (χ1) is 13.9. The first-order valence-corrected chi connectivity index (χ1v) is 9.77. The number of rotatable bonds is 3. The van der Waals surface area contributed by atoms with Crippen LogP contribution in [0.4, 0.5) is 0 Å². The van der Waals surface area contributed by atoms with E-state index >= 15 is 0 Å². The minimum Gasteiger partial charge on any atom is -0.222 e. The van der Waals surface area contributed by atoms with Crippen LogP contribution in [0, 0.1) is 10.2 Å². The van der Waals surface area contributed by atoms with Crippen LogP contribution < -0.4 is 18.6 Å². The summed E-state index contributed by atoms with van der Waals surface area (Å²) in [7, 11) is -4.94. The van der Waals surface area contributed by atoms with Crippen LogP contribution in [-0.4, -0.2) is 4.98 Å². The Bertz CT molecular complexity index is 893. The molecule has 6 nitrogen and oxygen atoms in total. The van der Waals surface area contributed by atoms with Gasteiger partial charge >= 0.3 is 11.7 Å². The van der Waals surface area contributed by atoms with Crippen molar-refractivity contribution < 1.29 is 33.3 Å². The summed E-state index contributed by atoms with van der Waals surface area (Å²) in [5.74, 6) is 1.43. The van der Waals surface area contributed by atoms with Gasteiger partial charge in [0.25, 0.3) is 0 Å². The fourth-order valence-electron chi connectivity index (χ4n) is 2.63. The summed E-state index contributed by atoms with van der Waals surface area (Å²) in [6.45, 7) is 0. The quantitative estimate of drug-likeness (QED) is 0.469. The Morgan fingerprint density at radius 3 is 1.48 bits per heavy atom. The lowest BCUT2D eigenvalue weighted by atomic mass is 10.1. The van der Waals surface area contributed by atoms with Crippen LogP contribution in [0.1, 0.15) is 0 Å². The van der Waals surface area contributed by atoms with Gasteiger partial charge < -0.3 is 0 Å². The molecule has 1 aromatic heterocycles. The highest BCUT2D eigenvalue weighted by Crippen LogP contribution is 2.29. The summed E-state index contributed by atoms with van der Waals surface area (Å²) in [4.78, 5) is 4.73. The van der Waals surface area contributed by atoms with Crippen molar-refractivity contribution in [3.05, 3.63) is 97.1 Å². The normalized spacial score (nSPS) is 10.8. The maximum atomic E-state index is 8.49. The summed E-state index contributed by atoms with van der Waals surface area (Å²) >= 11 is 0. The largest absolute Gasteiger partial charge is 0.460 e. The third kappa shape index (κ3) is 6.46. The highest BCUT2D eigenvalue weighted by Gasteiger charge is 2.21. The summed E-state index contributed by atoms with van der Waals surface area (Å²) in [6.07, 6.45) is 0. The molecule has 29 heavy (non-hydrogen) atoms. The lowest BCUT2D eigenvalue weighted by Crippen LogP contribution is -2.68. The second-order valence-corrected chi connectivity index (χ2v) is 6.64. The maximum absolute atomic E-state index is 8.49. The number of nitrogens with zero attached hydrogens (tertiary/aromatic N) is 1. The van der Waals surface area contributed by atoms with E-state index in [9.17, 15) is 0 Å². The van der Waals surface area contributed by atoms with Gasteiger partial charge in [0, 0.05) is 5.56 Å².